The van der Waals surface area contributed by atoms with Gasteiger partial charge in [-0.25, -0.2) is 5.84 Å². The molecule has 12 heavy (non-hydrogen) atoms. The molecule has 0 aliphatic rings. The van der Waals surface area contributed by atoms with Gasteiger partial charge in [0.2, 0.25) is 0 Å². The van der Waals surface area contributed by atoms with Gasteiger partial charge in [0.15, 0.2) is 5.82 Å². The van der Waals surface area contributed by atoms with E-state index in [4.69, 9.17) is 5.84 Å². The highest BCUT2D eigenvalue weighted by Gasteiger charge is 2.09. The number of anilines is 1. The van der Waals surface area contributed by atoms with Crippen molar-refractivity contribution in [3.8, 4) is 0 Å². The Balaban J connectivity index is 2.65. The Morgan fingerprint density at radius 1 is 1.58 bits per heavy atom. The number of hydrogen-bond acceptors (Lipinski definition) is 4. The Kier molecular flexibility index (Phi) is 2.65. The summed E-state index contributed by atoms with van der Waals surface area (Å²) in [6.45, 7) is 6.90. The highest BCUT2D eigenvalue weighted by Crippen LogP contribution is 2.10. The van der Waals surface area contributed by atoms with Crippen LogP contribution in [0.15, 0.2) is 0 Å². The van der Waals surface area contributed by atoms with Crippen LogP contribution in [0.25, 0.3) is 0 Å². The summed E-state index contributed by atoms with van der Waals surface area (Å²) in [6.07, 6.45) is 0. The van der Waals surface area contributed by atoms with Crippen LogP contribution < -0.4 is 10.9 Å². The van der Waals surface area contributed by atoms with E-state index >= 15 is 0 Å². The van der Waals surface area contributed by atoms with E-state index in [1.807, 2.05) is 6.92 Å². The van der Waals surface area contributed by atoms with Gasteiger partial charge in [-0.3, -0.25) is 10.1 Å². The molecule has 0 aromatic carbocycles. The summed E-state index contributed by atoms with van der Waals surface area (Å²) in [5.74, 6) is 7.00. The second-order valence-electron chi connectivity index (χ2n) is 3.31. The summed E-state index contributed by atoms with van der Waals surface area (Å²) in [6, 6.07) is 0. The van der Waals surface area contributed by atoms with E-state index in [1.165, 1.54) is 0 Å². The molecule has 0 amide bonds. The zero-order valence-corrected chi connectivity index (χ0v) is 7.70. The third kappa shape index (κ3) is 1.94. The highest BCUT2D eigenvalue weighted by atomic mass is 15.5. The lowest BCUT2D eigenvalue weighted by molar-refractivity contribution is 0.615. The van der Waals surface area contributed by atoms with Crippen LogP contribution in [0, 0.1) is 12.8 Å². The van der Waals surface area contributed by atoms with Gasteiger partial charge in [0, 0.05) is 6.54 Å². The maximum Gasteiger partial charge on any atom is 0.187 e. The zero-order chi connectivity index (χ0) is 9.14. The highest BCUT2D eigenvalue weighted by molar-refractivity contribution is 5.39. The Morgan fingerprint density at radius 3 is 2.67 bits per heavy atom. The molecule has 5 heteroatoms. The lowest BCUT2D eigenvalue weighted by Crippen LogP contribution is -2.35. The van der Waals surface area contributed by atoms with Gasteiger partial charge < -0.3 is 0 Å². The van der Waals surface area contributed by atoms with E-state index in [9.17, 15) is 0 Å². The SMILES string of the molecule is Cc1[nH]nnc1N(N)CC(C)C. The monoisotopic (exact) mass is 169 g/mol. The molecule has 0 saturated heterocycles. The van der Waals surface area contributed by atoms with Gasteiger partial charge in [0.25, 0.3) is 0 Å². The molecule has 1 heterocycles. The first-order valence-electron chi connectivity index (χ1n) is 4.01. The van der Waals surface area contributed by atoms with Crippen molar-refractivity contribution in [3.63, 3.8) is 0 Å². The van der Waals surface area contributed by atoms with Crippen LogP contribution in [0.3, 0.4) is 0 Å². The number of nitrogens with one attached hydrogen (secondary N) is 1. The summed E-state index contributed by atoms with van der Waals surface area (Å²) >= 11 is 0. The largest absolute Gasteiger partial charge is 0.292 e. The summed E-state index contributed by atoms with van der Waals surface area (Å²) in [5, 5.41) is 11.9. The molecule has 3 N–H and O–H groups in total. The van der Waals surface area contributed by atoms with Gasteiger partial charge in [-0.2, -0.15) is 0 Å². The number of hydrogen-bond donors (Lipinski definition) is 2. The van der Waals surface area contributed by atoms with Crippen molar-refractivity contribution < 1.29 is 0 Å². The lowest BCUT2D eigenvalue weighted by atomic mass is 10.2. The first-order chi connectivity index (χ1) is 5.61. The second kappa shape index (κ2) is 3.53. The van der Waals surface area contributed by atoms with E-state index in [0.29, 0.717) is 5.92 Å². The molecule has 0 spiro atoms. The molecule has 0 unspecified atom stereocenters. The standard InChI is InChI=1S/C7H15N5/c1-5(2)4-12(8)7-6(3)9-11-10-7/h5H,4,8H2,1-3H3,(H,9,10,11). The molecule has 0 aliphatic heterocycles. The van der Waals surface area contributed by atoms with Gasteiger partial charge in [0.05, 0.1) is 5.69 Å². The number of hydrazine groups is 1. The third-order valence-corrected chi connectivity index (χ3v) is 1.53. The van der Waals surface area contributed by atoms with Crippen LogP contribution in [0.5, 0.6) is 0 Å². The summed E-state index contributed by atoms with van der Waals surface area (Å²) in [5.41, 5.74) is 0.901. The van der Waals surface area contributed by atoms with Gasteiger partial charge in [-0.1, -0.05) is 19.1 Å². The zero-order valence-electron chi connectivity index (χ0n) is 7.70. The van der Waals surface area contributed by atoms with Crippen molar-refractivity contribution in [1.29, 1.82) is 0 Å². The number of aromatic amines is 1. The maximum absolute atomic E-state index is 5.75. The van der Waals surface area contributed by atoms with Gasteiger partial charge in [-0.05, 0) is 12.8 Å². The molecule has 1 rings (SSSR count). The van der Waals surface area contributed by atoms with Crippen molar-refractivity contribution in [2.45, 2.75) is 20.8 Å². The second-order valence-corrected chi connectivity index (χ2v) is 3.31. The molecular formula is C7H15N5. The minimum atomic E-state index is 0.520. The van der Waals surface area contributed by atoms with Crippen LogP contribution in [0.2, 0.25) is 0 Å². The quantitative estimate of drug-likeness (QED) is 0.509. The van der Waals surface area contributed by atoms with Crippen molar-refractivity contribution in [1.82, 2.24) is 15.4 Å². The van der Waals surface area contributed by atoms with Crippen LogP contribution in [0.1, 0.15) is 19.5 Å². The number of H-pyrrole nitrogens is 1. The van der Waals surface area contributed by atoms with E-state index in [-0.39, 0.29) is 0 Å². The van der Waals surface area contributed by atoms with E-state index in [1.54, 1.807) is 5.01 Å². The van der Waals surface area contributed by atoms with E-state index in [2.05, 4.69) is 29.3 Å². The topological polar surface area (TPSA) is 70.8 Å². The van der Waals surface area contributed by atoms with Crippen LogP contribution in [-0.2, 0) is 0 Å². The molecule has 5 nitrogen and oxygen atoms in total. The molecule has 68 valence electrons. The molecule has 0 fully saturated rings. The predicted molar refractivity (Wildman–Crippen MR) is 47.5 cm³/mol. The Bertz CT molecular complexity index is 242. The van der Waals surface area contributed by atoms with Crippen molar-refractivity contribution in [2.75, 3.05) is 11.6 Å². The van der Waals surface area contributed by atoms with Gasteiger partial charge in [0.1, 0.15) is 0 Å². The van der Waals surface area contributed by atoms with Crippen molar-refractivity contribution >= 4 is 5.82 Å². The Morgan fingerprint density at radius 2 is 2.25 bits per heavy atom. The Labute approximate surface area is 71.9 Å². The fraction of sp³-hybridized carbons (Fsp3) is 0.714. The number of aryl methyl sites for hydroxylation is 1. The van der Waals surface area contributed by atoms with Crippen LogP contribution in [0.4, 0.5) is 5.82 Å². The van der Waals surface area contributed by atoms with Crippen molar-refractivity contribution in [2.24, 2.45) is 11.8 Å². The third-order valence-electron chi connectivity index (χ3n) is 1.53. The first-order valence-corrected chi connectivity index (χ1v) is 4.01. The average Bonchev–Trinajstić information content (AvgIpc) is 2.33. The number of nitrogens with zero attached hydrogens (tertiary/aromatic N) is 3. The summed E-state index contributed by atoms with van der Waals surface area (Å²) in [4.78, 5) is 0. The van der Waals surface area contributed by atoms with Crippen LogP contribution >= 0.6 is 0 Å². The summed E-state index contributed by atoms with van der Waals surface area (Å²) < 4.78 is 0. The molecule has 0 saturated carbocycles. The molecule has 0 bridgehead atoms. The first kappa shape index (κ1) is 8.99. The average molecular weight is 169 g/mol. The molecule has 0 aliphatic carbocycles. The molecule has 1 aromatic rings. The summed E-state index contributed by atoms with van der Waals surface area (Å²) in [7, 11) is 0. The van der Waals surface area contributed by atoms with Gasteiger partial charge in [-0.15, -0.1) is 5.10 Å². The van der Waals surface area contributed by atoms with E-state index < -0.39 is 0 Å². The lowest BCUT2D eigenvalue weighted by Gasteiger charge is -2.17. The van der Waals surface area contributed by atoms with Crippen molar-refractivity contribution in [3.05, 3.63) is 5.69 Å². The molecular weight excluding hydrogens is 154 g/mol. The normalized spacial score (nSPS) is 10.8. The maximum atomic E-state index is 5.75. The molecule has 1 aromatic heterocycles. The fourth-order valence-corrected chi connectivity index (χ4v) is 1.03. The number of aromatic nitrogens is 3. The predicted octanol–water partition coefficient (Wildman–Crippen LogP) is 0.449. The minimum absolute atomic E-state index is 0.520. The van der Waals surface area contributed by atoms with Gasteiger partial charge >= 0.3 is 0 Å². The minimum Gasteiger partial charge on any atom is -0.292 e. The molecule has 0 radical (unpaired) electrons. The smallest absolute Gasteiger partial charge is 0.187 e. The Hall–Kier alpha value is -1.10. The van der Waals surface area contributed by atoms with E-state index in [0.717, 1.165) is 18.1 Å². The molecule has 0 atom stereocenters. The van der Waals surface area contributed by atoms with Crippen LogP contribution in [-0.4, -0.2) is 22.0 Å². The number of nitrogens with two attached hydrogens (primary N) is 1. The fourth-order valence-electron chi connectivity index (χ4n) is 1.03. The number of rotatable bonds is 3.